The summed E-state index contributed by atoms with van der Waals surface area (Å²) in [7, 11) is 1.51. The number of oxime groups is 1. The van der Waals surface area contributed by atoms with Crippen molar-refractivity contribution < 1.29 is 24.0 Å². The Hall–Kier alpha value is -3.81. The summed E-state index contributed by atoms with van der Waals surface area (Å²) >= 11 is 0. The Balaban J connectivity index is 1.76. The van der Waals surface area contributed by atoms with Crippen molar-refractivity contribution in [1.82, 2.24) is 9.88 Å². The van der Waals surface area contributed by atoms with Crippen LogP contribution in [-0.4, -0.2) is 40.8 Å². The zero-order chi connectivity index (χ0) is 25.8. The van der Waals surface area contributed by atoms with Crippen LogP contribution in [0.4, 0.5) is 0 Å². The zero-order valence-corrected chi connectivity index (χ0v) is 20.9. The smallest absolute Gasteiger partial charge is 0.331 e. The summed E-state index contributed by atoms with van der Waals surface area (Å²) in [6.45, 7) is 3.98. The van der Waals surface area contributed by atoms with E-state index in [1.165, 1.54) is 14.0 Å². The van der Waals surface area contributed by atoms with Crippen LogP contribution in [0.1, 0.15) is 73.1 Å². The molecule has 2 aromatic carbocycles. The highest BCUT2D eigenvalue weighted by Gasteiger charge is 2.25. The van der Waals surface area contributed by atoms with E-state index in [4.69, 9.17) is 4.84 Å². The fourth-order valence-corrected chi connectivity index (χ4v) is 5.01. The molecule has 1 heterocycles. The SMILES string of the molecule is CCn1c2ccc(C(=O)C(CCC(=O)NC)=NOC(C)=O)cc2c2cc(C(=O)C3CCCC3)ccc21. The van der Waals surface area contributed by atoms with E-state index in [0.29, 0.717) is 11.1 Å². The maximum absolute atomic E-state index is 13.3. The molecule has 0 aliphatic heterocycles. The molecule has 3 aromatic rings. The van der Waals surface area contributed by atoms with Gasteiger partial charge in [-0.25, -0.2) is 4.79 Å². The molecule has 0 saturated heterocycles. The molecule has 0 unspecified atom stereocenters. The summed E-state index contributed by atoms with van der Waals surface area (Å²) in [6.07, 6.45) is 4.12. The van der Waals surface area contributed by atoms with E-state index in [2.05, 4.69) is 22.0 Å². The van der Waals surface area contributed by atoms with E-state index < -0.39 is 11.8 Å². The number of hydrogen-bond acceptors (Lipinski definition) is 6. The van der Waals surface area contributed by atoms with E-state index >= 15 is 0 Å². The van der Waals surface area contributed by atoms with Crippen molar-refractivity contribution in [2.24, 2.45) is 11.1 Å². The van der Waals surface area contributed by atoms with Crippen molar-refractivity contribution in [3.05, 3.63) is 47.5 Å². The minimum absolute atomic E-state index is 0.00974. The van der Waals surface area contributed by atoms with Crippen LogP contribution < -0.4 is 5.32 Å². The quantitative estimate of drug-likeness (QED) is 0.201. The highest BCUT2D eigenvalue weighted by atomic mass is 16.7. The van der Waals surface area contributed by atoms with Gasteiger partial charge in [-0.05, 0) is 56.2 Å². The molecule has 1 aliphatic rings. The second kappa shape index (κ2) is 10.8. The lowest BCUT2D eigenvalue weighted by Crippen LogP contribution is -2.22. The molecule has 1 amide bonds. The molecule has 4 rings (SSSR count). The maximum atomic E-state index is 13.3. The van der Waals surface area contributed by atoms with Crippen LogP contribution >= 0.6 is 0 Å². The van der Waals surface area contributed by atoms with Gasteiger partial charge in [0.2, 0.25) is 11.7 Å². The lowest BCUT2D eigenvalue weighted by Gasteiger charge is -2.08. The first-order valence-electron chi connectivity index (χ1n) is 12.4. The minimum atomic E-state index is -0.652. The Morgan fingerprint density at radius 2 is 1.58 bits per heavy atom. The van der Waals surface area contributed by atoms with Crippen LogP contribution in [0.2, 0.25) is 0 Å². The molecule has 0 radical (unpaired) electrons. The maximum Gasteiger partial charge on any atom is 0.331 e. The van der Waals surface area contributed by atoms with E-state index in [1.54, 1.807) is 12.1 Å². The fraction of sp³-hybridized carbons (Fsp3) is 0.393. The van der Waals surface area contributed by atoms with Crippen molar-refractivity contribution >= 4 is 51.0 Å². The monoisotopic (exact) mass is 489 g/mol. The zero-order valence-electron chi connectivity index (χ0n) is 20.9. The number of carbonyl (C=O) groups is 4. The van der Waals surface area contributed by atoms with Gasteiger partial charge < -0.3 is 14.7 Å². The van der Waals surface area contributed by atoms with Crippen LogP contribution in [0.3, 0.4) is 0 Å². The van der Waals surface area contributed by atoms with E-state index in [-0.39, 0.29) is 36.2 Å². The molecule has 0 atom stereocenters. The Kier molecular flexibility index (Phi) is 7.62. The predicted molar refractivity (Wildman–Crippen MR) is 138 cm³/mol. The first-order valence-corrected chi connectivity index (χ1v) is 12.4. The van der Waals surface area contributed by atoms with Crippen molar-refractivity contribution in [2.45, 2.75) is 58.9 Å². The van der Waals surface area contributed by atoms with Crippen LogP contribution in [0.5, 0.6) is 0 Å². The Bertz CT molecular complexity index is 1380. The summed E-state index contributed by atoms with van der Waals surface area (Å²) in [6, 6.07) is 11.2. The minimum Gasteiger partial charge on any atom is -0.359 e. The third kappa shape index (κ3) is 5.08. The van der Waals surface area contributed by atoms with Crippen LogP contribution in [0.15, 0.2) is 41.6 Å². The molecule has 8 nitrogen and oxygen atoms in total. The third-order valence-electron chi connectivity index (χ3n) is 6.87. The van der Waals surface area contributed by atoms with Gasteiger partial charge in [0.05, 0.1) is 0 Å². The highest BCUT2D eigenvalue weighted by molar-refractivity contribution is 6.46. The highest BCUT2D eigenvalue weighted by Crippen LogP contribution is 2.33. The number of ketones is 2. The van der Waals surface area contributed by atoms with Gasteiger partial charge in [-0.1, -0.05) is 18.0 Å². The molecular weight excluding hydrogens is 458 g/mol. The van der Waals surface area contributed by atoms with E-state index in [0.717, 1.165) is 54.0 Å². The molecular formula is C28H31N3O5. The molecule has 0 bridgehead atoms. The van der Waals surface area contributed by atoms with Crippen molar-refractivity contribution in [3.63, 3.8) is 0 Å². The third-order valence-corrected chi connectivity index (χ3v) is 6.87. The number of nitrogens with one attached hydrogen (secondary N) is 1. The number of aromatic nitrogens is 1. The van der Waals surface area contributed by atoms with E-state index in [9.17, 15) is 19.2 Å². The van der Waals surface area contributed by atoms with Gasteiger partial charge in [0.15, 0.2) is 5.78 Å². The van der Waals surface area contributed by atoms with Gasteiger partial charge in [0.25, 0.3) is 0 Å². The van der Waals surface area contributed by atoms with Gasteiger partial charge in [-0.3, -0.25) is 14.4 Å². The van der Waals surface area contributed by atoms with Gasteiger partial charge in [0.1, 0.15) is 5.71 Å². The number of fused-ring (bicyclic) bond motifs is 3. The topological polar surface area (TPSA) is 107 Å². The van der Waals surface area contributed by atoms with Gasteiger partial charge >= 0.3 is 5.97 Å². The molecule has 8 heteroatoms. The molecule has 1 aromatic heterocycles. The van der Waals surface area contributed by atoms with Crippen LogP contribution in [0, 0.1) is 5.92 Å². The first kappa shape index (κ1) is 25.3. The molecule has 1 aliphatic carbocycles. The Labute approximate surface area is 209 Å². The average molecular weight is 490 g/mol. The lowest BCUT2D eigenvalue weighted by molar-refractivity contribution is -0.140. The number of nitrogens with zero attached hydrogens (tertiary/aromatic N) is 2. The number of benzene rings is 2. The molecule has 188 valence electrons. The number of amides is 1. The van der Waals surface area contributed by atoms with Crippen LogP contribution in [-0.2, 0) is 21.0 Å². The van der Waals surface area contributed by atoms with Gasteiger partial charge in [0, 0.05) is 72.2 Å². The predicted octanol–water partition coefficient (Wildman–Crippen LogP) is 4.82. The molecule has 1 saturated carbocycles. The average Bonchev–Trinajstić information content (AvgIpc) is 3.53. The van der Waals surface area contributed by atoms with Crippen LogP contribution in [0.25, 0.3) is 21.8 Å². The Morgan fingerprint density at radius 1 is 0.972 bits per heavy atom. The summed E-state index contributed by atoms with van der Waals surface area (Å²) < 4.78 is 2.15. The second-order valence-electron chi connectivity index (χ2n) is 9.18. The number of rotatable bonds is 9. The van der Waals surface area contributed by atoms with Crippen molar-refractivity contribution in [2.75, 3.05) is 7.05 Å². The van der Waals surface area contributed by atoms with Gasteiger partial charge in [-0.2, -0.15) is 0 Å². The van der Waals surface area contributed by atoms with E-state index in [1.807, 2.05) is 24.3 Å². The second-order valence-corrected chi connectivity index (χ2v) is 9.18. The Morgan fingerprint density at radius 3 is 2.17 bits per heavy atom. The molecule has 1 N–H and O–H groups in total. The number of hydrogen-bond donors (Lipinski definition) is 1. The molecule has 0 spiro atoms. The lowest BCUT2D eigenvalue weighted by atomic mass is 9.95. The summed E-state index contributed by atoms with van der Waals surface area (Å²) in [5.74, 6) is -1.05. The number of aryl methyl sites for hydroxylation is 1. The largest absolute Gasteiger partial charge is 0.359 e. The number of carbonyl (C=O) groups excluding carboxylic acids is 4. The molecule has 1 fully saturated rings. The summed E-state index contributed by atoms with van der Waals surface area (Å²) in [5, 5.41) is 8.02. The normalized spacial score (nSPS) is 14.4. The van der Waals surface area contributed by atoms with Crippen molar-refractivity contribution in [3.8, 4) is 0 Å². The van der Waals surface area contributed by atoms with Crippen molar-refractivity contribution in [1.29, 1.82) is 0 Å². The fourth-order valence-electron chi connectivity index (χ4n) is 5.01. The summed E-state index contributed by atoms with van der Waals surface area (Å²) in [5.41, 5.74) is 3.01. The standard InChI is InChI=1S/C28H31N3O5/c1-4-31-24-12-9-19(27(34)18-7-5-6-8-18)15-21(24)22-16-20(10-13-25(22)31)28(35)23(30-36-17(2)32)11-14-26(33)29-3/h9-10,12-13,15-16,18H,4-8,11,14H2,1-3H3,(H,29,33). The van der Waals surface area contributed by atoms with Gasteiger partial charge in [-0.15, -0.1) is 0 Å². The molecule has 36 heavy (non-hydrogen) atoms. The number of Topliss-reactive ketones (excluding diaryl/α,β-unsaturated/α-hetero) is 2. The first-order chi connectivity index (χ1) is 17.3. The summed E-state index contributed by atoms with van der Waals surface area (Å²) in [4.78, 5) is 54.2.